The molecule has 4 aromatic carbocycles. The van der Waals surface area contributed by atoms with Crippen molar-refractivity contribution in [2.45, 2.75) is 88.2 Å². The molecule has 2 saturated heterocycles. The van der Waals surface area contributed by atoms with Crippen LogP contribution in [-0.4, -0.2) is 137 Å². The third kappa shape index (κ3) is 13.6. The zero-order valence-corrected chi connectivity index (χ0v) is 43.7. The van der Waals surface area contributed by atoms with Crippen LogP contribution in [0.1, 0.15) is 96.9 Å². The van der Waals surface area contributed by atoms with Crippen LogP contribution in [0.3, 0.4) is 0 Å². The number of hydrogen-bond acceptors (Lipinski definition) is 16. The number of hydrogen-bond donors (Lipinski definition) is 4. The highest BCUT2D eigenvalue weighted by Gasteiger charge is 2.40. The third-order valence-corrected chi connectivity index (χ3v) is 16.3. The van der Waals surface area contributed by atoms with Gasteiger partial charge in [-0.25, -0.2) is 4.31 Å². The number of likely N-dealkylation sites (tertiary alicyclic amines) is 1. The fraction of sp³-hybridized carbons (Fsp3) is 0.407. The number of aliphatic hydroxyl groups excluding tert-OH is 1. The van der Waals surface area contributed by atoms with Crippen LogP contribution in [0.15, 0.2) is 77.8 Å². The van der Waals surface area contributed by atoms with Crippen molar-refractivity contribution in [2.75, 3.05) is 64.4 Å². The van der Waals surface area contributed by atoms with Crippen LogP contribution in [0, 0.1) is 0 Å². The van der Waals surface area contributed by atoms with Gasteiger partial charge in [0.25, 0.3) is 0 Å². The molecule has 19 heteroatoms. The number of anilines is 2. The average molecular weight is 1050 g/mol. The molecule has 73 heavy (non-hydrogen) atoms. The molecule has 0 saturated carbocycles. The molecule has 3 unspecified atom stereocenters. The molecule has 5 aromatic rings. The number of aldehydes is 4. The van der Waals surface area contributed by atoms with Crippen molar-refractivity contribution in [3.05, 3.63) is 99.4 Å². The van der Waals surface area contributed by atoms with E-state index in [0.29, 0.717) is 69.6 Å². The Morgan fingerprint density at radius 3 is 2.42 bits per heavy atom. The molecule has 2 aliphatic rings. The van der Waals surface area contributed by atoms with Gasteiger partial charge in [-0.3, -0.25) is 29.1 Å². The monoisotopic (exact) mass is 1050 g/mol. The highest BCUT2D eigenvalue weighted by atomic mass is 35.5. The molecule has 0 spiro atoms. The number of aliphatic hydroxyl groups is 2. The van der Waals surface area contributed by atoms with Gasteiger partial charge in [-0.15, -0.1) is 11.3 Å². The molecule has 15 nitrogen and oxygen atoms in total. The molecule has 4 N–H and O–H groups in total. The summed E-state index contributed by atoms with van der Waals surface area (Å²) < 4.78 is 13.9. The second-order valence-electron chi connectivity index (χ2n) is 18.2. The van der Waals surface area contributed by atoms with Crippen LogP contribution in [0.2, 0.25) is 5.02 Å². The molecular formula is C54H66BClN6O9S2. The minimum atomic E-state index is -1.78. The summed E-state index contributed by atoms with van der Waals surface area (Å²) in [7, 11) is 11.1. The number of aliphatic imine (C=N–C) groups is 1. The van der Waals surface area contributed by atoms with E-state index in [1.807, 2.05) is 54.4 Å². The number of rotatable bonds is 22. The molecule has 1 amide bonds. The SMILES string of the molecule is C.CO.[B]C(O)(SN1CCC(Nc2cccc(-c3sc(C=O)c(OCC=O)c3Cl)c2)CC1(C)C)c1ccc(OCN2CCC(c3ccc(N(C)C(CCC=O)C(=O)NC)c4c(C=O)cccc34)CC2)c(N=C)c1. The summed E-state index contributed by atoms with van der Waals surface area (Å²) in [4.78, 5) is 66.7. The Kier molecular flexibility index (Phi) is 21.2. The lowest BCUT2D eigenvalue weighted by Gasteiger charge is -2.47. The number of amides is 1. The van der Waals surface area contributed by atoms with Crippen molar-refractivity contribution in [3.8, 4) is 21.9 Å². The van der Waals surface area contributed by atoms with Crippen LogP contribution >= 0.6 is 34.9 Å². The second-order valence-corrected chi connectivity index (χ2v) is 20.9. The second kappa shape index (κ2) is 26.6. The quantitative estimate of drug-likeness (QED) is 0.0169. The highest BCUT2D eigenvalue weighted by molar-refractivity contribution is 7.98. The summed E-state index contributed by atoms with van der Waals surface area (Å²) in [5.74, 6) is 0.751. The summed E-state index contributed by atoms with van der Waals surface area (Å²) in [5, 5.41) is 27.2. The van der Waals surface area contributed by atoms with E-state index in [0.717, 1.165) is 91.7 Å². The first-order chi connectivity index (χ1) is 34.7. The maximum absolute atomic E-state index is 12.9. The zero-order chi connectivity index (χ0) is 52.2. The third-order valence-electron chi connectivity index (χ3n) is 13.2. The van der Waals surface area contributed by atoms with Gasteiger partial charge in [-0.2, -0.15) is 0 Å². The minimum Gasteiger partial charge on any atom is -0.483 e. The van der Waals surface area contributed by atoms with Gasteiger partial charge in [-0.1, -0.05) is 61.5 Å². The van der Waals surface area contributed by atoms with E-state index in [9.17, 15) is 29.1 Å². The zero-order valence-electron chi connectivity index (χ0n) is 41.3. The molecule has 1 aromatic heterocycles. The van der Waals surface area contributed by atoms with Gasteiger partial charge < -0.3 is 40.0 Å². The van der Waals surface area contributed by atoms with Crippen molar-refractivity contribution < 1.29 is 43.7 Å². The fourth-order valence-corrected chi connectivity index (χ4v) is 12.0. The average Bonchev–Trinajstić information content (AvgIpc) is 3.72. The first-order valence-electron chi connectivity index (χ1n) is 23.7. The Bertz CT molecular complexity index is 2730. The summed E-state index contributed by atoms with van der Waals surface area (Å²) >= 11 is 9.02. The predicted octanol–water partition coefficient (Wildman–Crippen LogP) is 9.02. The van der Waals surface area contributed by atoms with Gasteiger partial charge in [0.05, 0.1) is 4.88 Å². The lowest BCUT2D eigenvalue weighted by Crippen LogP contribution is -2.51. The largest absolute Gasteiger partial charge is 0.483 e. The van der Waals surface area contributed by atoms with Gasteiger partial charge in [0, 0.05) is 81.2 Å². The number of likely N-dealkylation sites (N-methyl/N-ethyl adjacent to an activating group) is 2. The van der Waals surface area contributed by atoms with Gasteiger partial charge in [0.2, 0.25) is 5.91 Å². The first kappa shape index (κ1) is 58.3. The number of fused-ring (bicyclic) bond motifs is 1. The van der Waals surface area contributed by atoms with Crippen LogP contribution in [0.4, 0.5) is 17.1 Å². The van der Waals surface area contributed by atoms with Crippen LogP contribution < -0.4 is 25.0 Å². The van der Waals surface area contributed by atoms with Crippen LogP contribution in [0.25, 0.3) is 21.2 Å². The number of benzene rings is 4. The van der Waals surface area contributed by atoms with E-state index in [-0.39, 0.29) is 49.6 Å². The van der Waals surface area contributed by atoms with Crippen LogP contribution in [0.5, 0.6) is 11.5 Å². The number of carbonyl (C=O) groups excluding carboxylic acids is 5. The Morgan fingerprint density at radius 1 is 1.03 bits per heavy atom. The van der Waals surface area contributed by atoms with E-state index in [2.05, 4.69) is 51.5 Å². The maximum atomic E-state index is 12.9. The van der Waals surface area contributed by atoms with Crippen molar-refractivity contribution in [1.29, 1.82) is 0 Å². The number of piperidine rings is 2. The molecule has 0 bridgehead atoms. The number of nitrogens with zero attached hydrogens (tertiary/aromatic N) is 4. The standard InChI is InChI=1S/C52H58BClN6O8S2.CH4O.CH4/c1-51(2)29-38(57-37-11-6-9-34(27-37)49-47(54)48(67-26-25-62)45(31-64)69-49)20-23-60(51)70-52(53,66)36-14-17-44(41(28-36)55-3)68-32-59-21-18-33(19-22-59)39-15-16-42(46-35(30-63)10-7-12-40(39)46)58(5)43(13-8-24-61)50(65)56-4;1-2;/h6-7,9-12,14-17,24-25,27-28,30-31,33,38,43,57,66H,3,8,13,18-23,26,29,32H2,1-2,4-5H3,(H,56,65);2H,1H3;1H4. The lowest BCUT2D eigenvalue weighted by molar-refractivity contribution is -0.122. The molecular weight excluding hydrogens is 987 g/mol. The van der Waals surface area contributed by atoms with Crippen molar-refractivity contribution >= 4 is 108 Å². The number of halogens is 1. The molecule has 2 fully saturated rings. The molecule has 0 aliphatic carbocycles. The summed E-state index contributed by atoms with van der Waals surface area (Å²) in [6, 6.07) is 22.4. The van der Waals surface area contributed by atoms with Crippen LogP contribution in [-0.2, 0) is 19.2 Å². The van der Waals surface area contributed by atoms with Gasteiger partial charge in [0.15, 0.2) is 24.6 Å². The topological polar surface area (TPSA) is 190 Å². The van der Waals surface area contributed by atoms with E-state index in [1.54, 1.807) is 31.3 Å². The van der Waals surface area contributed by atoms with Crippen molar-refractivity contribution in [2.24, 2.45) is 4.99 Å². The molecule has 7 rings (SSSR count). The Balaban J connectivity index is 0.00000325. The lowest BCUT2D eigenvalue weighted by atomic mass is 9.85. The Labute approximate surface area is 443 Å². The van der Waals surface area contributed by atoms with Crippen molar-refractivity contribution in [1.82, 2.24) is 14.5 Å². The predicted molar refractivity (Wildman–Crippen MR) is 297 cm³/mol. The van der Waals surface area contributed by atoms with Crippen molar-refractivity contribution in [3.63, 3.8) is 0 Å². The molecule has 2 radical (unpaired) electrons. The Morgan fingerprint density at radius 2 is 1.77 bits per heavy atom. The number of carbonyl (C=O) groups is 5. The van der Waals surface area contributed by atoms with E-state index in [1.165, 1.54) is 23.3 Å². The smallest absolute Gasteiger partial charge is 0.242 e. The molecule has 3 heterocycles. The fourth-order valence-electron chi connectivity index (χ4n) is 9.58. The van der Waals surface area contributed by atoms with E-state index < -0.39 is 10.9 Å². The highest BCUT2D eigenvalue weighted by Crippen LogP contribution is 2.47. The van der Waals surface area contributed by atoms with E-state index >= 15 is 0 Å². The number of nitrogens with one attached hydrogen (secondary N) is 2. The number of thiophene rings is 1. The van der Waals surface area contributed by atoms with Gasteiger partial charge in [-0.05, 0) is 123 Å². The molecule has 3 atom stereocenters. The normalized spacial score (nSPS) is 17.1. The molecule has 388 valence electrons. The first-order valence-corrected chi connectivity index (χ1v) is 25.6. The summed E-state index contributed by atoms with van der Waals surface area (Å²) in [5.41, 5.74) is 4.69. The van der Waals surface area contributed by atoms with Gasteiger partial charge in [0.1, 0.15) is 59.7 Å². The summed E-state index contributed by atoms with van der Waals surface area (Å²) in [6.07, 6.45) is 6.76. The number of ether oxygens (including phenoxy) is 2. The minimum absolute atomic E-state index is 0. The van der Waals surface area contributed by atoms with E-state index in [4.69, 9.17) is 34.0 Å². The summed E-state index contributed by atoms with van der Waals surface area (Å²) in [6.45, 7) is 10.3. The maximum Gasteiger partial charge on any atom is 0.242 e. The Hall–Kier alpha value is -5.60. The van der Waals surface area contributed by atoms with Gasteiger partial charge >= 0.3 is 0 Å². The molecule has 2 aliphatic heterocycles.